The maximum atomic E-state index is 11.5. The van der Waals surface area contributed by atoms with Gasteiger partial charge in [-0.2, -0.15) is 0 Å². The molecular weight excluding hydrogens is 312 g/mol. The van der Waals surface area contributed by atoms with Crippen LogP contribution in [0.4, 0.5) is 0 Å². The predicted molar refractivity (Wildman–Crippen MR) is 95.7 cm³/mol. The van der Waals surface area contributed by atoms with E-state index in [1.165, 1.54) is 51.7 Å². The Hall–Kier alpha value is -0.820. The Labute approximate surface area is 141 Å². The summed E-state index contributed by atoms with van der Waals surface area (Å²) in [4.78, 5) is 6.76. The number of hydrogen-bond donors (Lipinski definition) is 2. The number of likely N-dealkylation sites (tertiary alicyclic amines) is 1. The Bertz CT molecular complexity index is 472. The van der Waals surface area contributed by atoms with Crippen LogP contribution in [0.25, 0.3) is 0 Å². The zero-order valence-corrected chi connectivity index (χ0v) is 15.2. The third-order valence-corrected chi connectivity index (χ3v) is 6.46. The Balaban J connectivity index is 1.52. The van der Waals surface area contributed by atoms with Crippen molar-refractivity contribution in [2.45, 2.75) is 51.0 Å². The van der Waals surface area contributed by atoms with Crippen molar-refractivity contribution in [3.8, 4) is 0 Å². The Kier molecular flexibility index (Phi) is 7.62. The van der Waals surface area contributed by atoms with E-state index >= 15 is 0 Å². The molecule has 134 valence electrons. The molecule has 0 radical (unpaired) electrons. The van der Waals surface area contributed by atoms with Crippen LogP contribution in [0, 0.1) is 0 Å². The molecule has 23 heavy (non-hydrogen) atoms. The Morgan fingerprint density at radius 3 is 2.61 bits per heavy atom. The summed E-state index contributed by atoms with van der Waals surface area (Å²) in [5.74, 6) is 1.24. The summed E-state index contributed by atoms with van der Waals surface area (Å²) in [6.45, 7) is 4.67. The highest BCUT2D eigenvalue weighted by Crippen LogP contribution is 2.11. The molecule has 0 bridgehead atoms. The minimum atomic E-state index is -2.84. The molecule has 2 heterocycles. The lowest BCUT2D eigenvalue weighted by molar-refractivity contribution is 0.224. The molecule has 0 amide bonds. The van der Waals surface area contributed by atoms with E-state index in [-0.39, 0.29) is 17.5 Å². The first-order chi connectivity index (χ1) is 11.1. The SMILES string of the molecule is CN=C(NCCCCCN1CCCCC1)NC1CCS(=O)(=O)C1. The topological polar surface area (TPSA) is 73.8 Å². The molecule has 1 atom stereocenters. The van der Waals surface area contributed by atoms with Gasteiger partial charge < -0.3 is 15.5 Å². The molecule has 6 nitrogen and oxygen atoms in total. The van der Waals surface area contributed by atoms with Gasteiger partial charge in [-0.1, -0.05) is 12.8 Å². The number of piperidine rings is 1. The lowest BCUT2D eigenvalue weighted by atomic mass is 10.1. The molecule has 2 N–H and O–H groups in total. The summed E-state index contributed by atoms with van der Waals surface area (Å²) < 4.78 is 22.9. The number of unbranched alkanes of at least 4 members (excludes halogenated alkanes) is 2. The zero-order valence-electron chi connectivity index (χ0n) is 14.4. The fourth-order valence-corrected chi connectivity index (χ4v) is 5.00. The fourth-order valence-electron chi connectivity index (χ4n) is 3.32. The normalized spacial score (nSPS) is 25.4. The van der Waals surface area contributed by atoms with Crippen molar-refractivity contribution in [3.63, 3.8) is 0 Å². The monoisotopic (exact) mass is 344 g/mol. The van der Waals surface area contributed by atoms with Crippen molar-refractivity contribution in [3.05, 3.63) is 0 Å². The van der Waals surface area contributed by atoms with Crippen molar-refractivity contribution >= 4 is 15.8 Å². The van der Waals surface area contributed by atoms with E-state index in [2.05, 4.69) is 20.5 Å². The second-order valence-corrected chi connectivity index (χ2v) is 8.93. The van der Waals surface area contributed by atoms with Crippen molar-refractivity contribution in [1.82, 2.24) is 15.5 Å². The second-order valence-electron chi connectivity index (χ2n) is 6.71. The van der Waals surface area contributed by atoms with E-state index < -0.39 is 9.84 Å². The van der Waals surface area contributed by atoms with Crippen LogP contribution in [0.2, 0.25) is 0 Å². The number of aliphatic imine (C=N–C) groups is 1. The molecule has 2 fully saturated rings. The zero-order chi connectivity index (χ0) is 16.5. The van der Waals surface area contributed by atoms with Crippen molar-refractivity contribution < 1.29 is 8.42 Å². The molecule has 0 spiro atoms. The van der Waals surface area contributed by atoms with E-state index in [1.807, 2.05) is 0 Å². The summed E-state index contributed by atoms with van der Waals surface area (Å²) in [7, 11) is -1.11. The number of sulfone groups is 1. The van der Waals surface area contributed by atoms with Crippen molar-refractivity contribution in [2.75, 3.05) is 44.7 Å². The molecule has 0 aliphatic carbocycles. The van der Waals surface area contributed by atoms with E-state index in [0.717, 1.165) is 18.9 Å². The quantitative estimate of drug-likeness (QED) is 0.409. The highest BCUT2D eigenvalue weighted by atomic mass is 32.2. The van der Waals surface area contributed by atoms with Crippen LogP contribution in [0.1, 0.15) is 44.9 Å². The Morgan fingerprint density at radius 1 is 1.17 bits per heavy atom. The van der Waals surface area contributed by atoms with Gasteiger partial charge in [-0.15, -0.1) is 0 Å². The third-order valence-electron chi connectivity index (χ3n) is 4.69. The Morgan fingerprint density at radius 2 is 1.96 bits per heavy atom. The van der Waals surface area contributed by atoms with Gasteiger partial charge in [0.1, 0.15) is 0 Å². The first kappa shape index (κ1) is 18.5. The summed E-state index contributed by atoms with van der Waals surface area (Å²) in [6, 6.07) is 0.00491. The maximum absolute atomic E-state index is 11.5. The molecule has 2 aliphatic heterocycles. The first-order valence-electron chi connectivity index (χ1n) is 8.99. The van der Waals surface area contributed by atoms with Crippen LogP contribution in [0.5, 0.6) is 0 Å². The number of nitrogens with zero attached hydrogens (tertiary/aromatic N) is 2. The van der Waals surface area contributed by atoms with E-state index in [9.17, 15) is 8.42 Å². The van der Waals surface area contributed by atoms with Crippen LogP contribution >= 0.6 is 0 Å². The van der Waals surface area contributed by atoms with Crippen LogP contribution in [0.15, 0.2) is 4.99 Å². The molecule has 0 aromatic rings. The average Bonchev–Trinajstić information content (AvgIpc) is 2.89. The highest BCUT2D eigenvalue weighted by molar-refractivity contribution is 7.91. The molecule has 7 heteroatoms. The van der Waals surface area contributed by atoms with Gasteiger partial charge in [-0.3, -0.25) is 4.99 Å². The van der Waals surface area contributed by atoms with Gasteiger partial charge in [-0.25, -0.2) is 8.42 Å². The van der Waals surface area contributed by atoms with Gasteiger partial charge >= 0.3 is 0 Å². The lowest BCUT2D eigenvalue weighted by Gasteiger charge is -2.26. The number of guanidine groups is 1. The molecule has 1 unspecified atom stereocenters. The van der Waals surface area contributed by atoms with E-state index in [4.69, 9.17) is 0 Å². The van der Waals surface area contributed by atoms with Crippen LogP contribution in [0.3, 0.4) is 0 Å². The summed E-state index contributed by atoms with van der Waals surface area (Å²) in [5.41, 5.74) is 0. The number of hydrogen-bond acceptors (Lipinski definition) is 4. The van der Waals surface area contributed by atoms with E-state index in [0.29, 0.717) is 6.42 Å². The largest absolute Gasteiger partial charge is 0.356 e. The van der Waals surface area contributed by atoms with Crippen molar-refractivity contribution in [2.24, 2.45) is 4.99 Å². The van der Waals surface area contributed by atoms with Gasteiger partial charge in [0, 0.05) is 19.6 Å². The fraction of sp³-hybridized carbons (Fsp3) is 0.938. The second kappa shape index (κ2) is 9.47. The predicted octanol–water partition coefficient (Wildman–Crippen LogP) is 0.995. The smallest absolute Gasteiger partial charge is 0.191 e. The van der Waals surface area contributed by atoms with Crippen molar-refractivity contribution in [1.29, 1.82) is 0 Å². The van der Waals surface area contributed by atoms with E-state index in [1.54, 1.807) is 7.05 Å². The van der Waals surface area contributed by atoms with Crippen LogP contribution in [-0.4, -0.2) is 70.1 Å². The minimum Gasteiger partial charge on any atom is -0.356 e. The number of nitrogens with one attached hydrogen (secondary N) is 2. The summed E-state index contributed by atoms with van der Waals surface area (Å²) in [6.07, 6.45) is 8.40. The van der Waals surface area contributed by atoms with Crippen LogP contribution < -0.4 is 10.6 Å². The molecular formula is C16H32N4O2S. The molecule has 2 aliphatic rings. The lowest BCUT2D eigenvalue weighted by Crippen LogP contribution is -2.44. The molecule has 0 aromatic heterocycles. The molecule has 0 saturated carbocycles. The standard InChI is InChI=1S/C16H32N4O2S/c1-17-16(19-15-8-13-23(21,22)14-15)18-9-4-2-5-10-20-11-6-3-7-12-20/h15H,2-14H2,1H3,(H2,17,18,19). The summed E-state index contributed by atoms with van der Waals surface area (Å²) >= 11 is 0. The van der Waals surface area contributed by atoms with Gasteiger partial charge in [0.15, 0.2) is 15.8 Å². The molecule has 0 aromatic carbocycles. The average molecular weight is 345 g/mol. The van der Waals surface area contributed by atoms with Gasteiger partial charge in [0.25, 0.3) is 0 Å². The number of rotatable bonds is 7. The van der Waals surface area contributed by atoms with Gasteiger partial charge in [0.2, 0.25) is 0 Å². The minimum absolute atomic E-state index is 0.00491. The van der Waals surface area contributed by atoms with Crippen LogP contribution in [-0.2, 0) is 9.84 Å². The molecule has 2 rings (SSSR count). The highest BCUT2D eigenvalue weighted by Gasteiger charge is 2.28. The van der Waals surface area contributed by atoms with Gasteiger partial charge in [-0.05, 0) is 51.7 Å². The van der Waals surface area contributed by atoms with Gasteiger partial charge in [0.05, 0.1) is 11.5 Å². The maximum Gasteiger partial charge on any atom is 0.191 e. The first-order valence-corrected chi connectivity index (χ1v) is 10.8. The summed E-state index contributed by atoms with van der Waals surface area (Å²) in [5, 5.41) is 6.51. The third kappa shape index (κ3) is 7.08. The molecule has 2 saturated heterocycles.